The van der Waals surface area contributed by atoms with Gasteiger partial charge in [0.15, 0.2) is 23.1 Å². The van der Waals surface area contributed by atoms with Gasteiger partial charge in [-0.25, -0.2) is 4.99 Å². The molecule has 2 N–H and O–H groups in total. The molecule has 0 saturated heterocycles. The average molecular weight is 742 g/mol. The summed E-state index contributed by atoms with van der Waals surface area (Å²) in [5.74, 6) is 1.87. The van der Waals surface area contributed by atoms with Crippen molar-refractivity contribution in [1.29, 1.82) is 0 Å². The fraction of sp³-hybridized carbons (Fsp3) is 0.278. The van der Waals surface area contributed by atoms with Crippen LogP contribution in [-0.2, 0) is 22.4 Å². The molecule has 5 rings (SSSR count). The van der Waals surface area contributed by atoms with Crippen LogP contribution in [0.2, 0.25) is 10.0 Å². The molecular formula is C36H35BrCl2N2O6. The van der Waals surface area contributed by atoms with E-state index in [1.54, 1.807) is 44.6 Å². The Hall–Kier alpha value is -3.76. The zero-order valence-electron chi connectivity index (χ0n) is 26.0. The van der Waals surface area contributed by atoms with E-state index in [4.69, 9.17) is 52.2 Å². The van der Waals surface area contributed by atoms with Crippen molar-refractivity contribution in [2.24, 2.45) is 4.99 Å². The van der Waals surface area contributed by atoms with E-state index >= 15 is 0 Å². The quantitative estimate of drug-likeness (QED) is 0.131. The number of halogens is 3. The van der Waals surface area contributed by atoms with Gasteiger partial charge in [0.05, 0.1) is 20.8 Å². The number of aliphatic imine (C=N–C) groups is 1. The Morgan fingerprint density at radius 3 is 2.47 bits per heavy atom. The number of hydrogen-bond donors (Lipinski definition) is 2. The molecule has 0 saturated carbocycles. The van der Waals surface area contributed by atoms with Crippen molar-refractivity contribution in [3.63, 3.8) is 0 Å². The van der Waals surface area contributed by atoms with E-state index in [1.807, 2.05) is 54.6 Å². The molecular weight excluding hydrogens is 707 g/mol. The second kappa shape index (κ2) is 15.9. The number of carbonyl (C=O) groups is 1. The highest BCUT2D eigenvalue weighted by Crippen LogP contribution is 2.45. The first-order valence-electron chi connectivity index (χ1n) is 15.1. The molecule has 4 aromatic carbocycles. The number of nitrogens with zero attached hydrogens (tertiary/aromatic N) is 1. The number of aliphatic hydroxyl groups is 1. The highest BCUT2D eigenvalue weighted by molar-refractivity contribution is 9.10. The largest absolute Gasteiger partial charge is 0.494 e. The third kappa shape index (κ3) is 8.04. The first-order chi connectivity index (χ1) is 22.8. The Kier molecular flexibility index (Phi) is 11.7. The Balaban J connectivity index is 1.53. The Morgan fingerprint density at radius 2 is 1.77 bits per heavy atom. The van der Waals surface area contributed by atoms with E-state index in [-0.39, 0.29) is 18.9 Å². The van der Waals surface area contributed by atoms with Crippen molar-refractivity contribution >= 4 is 50.9 Å². The molecule has 8 nitrogen and oxygen atoms in total. The lowest BCUT2D eigenvalue weighted by molar-refractivity contribution is -0.128. The maximum absolute atomic E-state index is 14.6. The summed E-state index contributed by atoms with van der Waals surface area (Å²) in [4.78, 5) is 19.7. The fourth-order valence-corrected chi connectivity index (χ4v) is 6.35. The van der Waals surface area contributed by atoms with E-state index in [2.05, 4.69) is 21.2 Å². The van der Waals surface area contributed by atoms with Gasteiger partial charge in [-0.05, 0) is 72.1 Å². The van der Waals surface area contributed by atoms with Crippen LogP contribution >= 0.6 is 39.1 Å². The minimum atomic E-state index is -1.44. The predicted molar refractivity (Wildman–Crippen MR) is 187 cm³/mol. The van der Waals surface area contributed by atoms with Crippen LogP contribution in [0.4, 0.5) is 0 Å². The molecule has 4 aromatic rings. The summed E-state index contributed by atoms with van der Waals surface area (Å²) in [6.45, 7) is 0.772. The monoisotopic (exact) mass is 740 g/mol. The first-order valence-corrected chi connectivity index (χ1v) is 16.6. The number of rotatable bonds is 14. The summed E-state index contributed by atoms with van der Waals surface area (Å²) in [6, 6.07) is 25.8. The number of aliphatic hydroxyl groups excluding tert-OH is 1. The lowest BCUT2D eigenvalue weighted by atomic mass is 9.82. The van der Waals surface area contributed by atoms with Gasteiger partial charge in [0.25, 0.3) is 5.91 Å². The molecule has 11 heteroatoms. The summed E-state index contributed by atoms with van der Waals surface area (Å²) >= 11 is 16.7. The van der Waals surface area contributed by atoms with E-state index in [0.717, 1.165) is 15.6 Å². The molecule has 47 heavy (non-hydrogen) atoms. The maximum atomic E-state index is 14.6. The van der Waals surface area contributed by atoms with Crippen LogP contribution in [0.3, 0.4) is 0 Å². The molecule has 0 aliphatic carbocycles. The smallest absolute Gasteiger partial charge is 0.252 e. The third-order valence-corrected chi connectivity index (χ3v) is 9.18. The normalized spacial score (nSPS) is 17.1. The number of amides is 1. The second-order valence-electron chi connectivity index (χ2n) is 10.9. The summed E-state index contributed by atoms with van der Waals surface area (Å²) in [5.41, 5.74) is 1.65. The second-order valence-corrected chi connectivity index (χ2v) is 12.6. The fourth-order valence-electron chi connectivity index (χ4n) is 5.42. The van der Waals surface area contributed by atoms with Crippen molar-refractivity contribution in [3.05, 3.63) is 122 Å². The minimum Gasteiger partial charge on any atom is -0.494 e. The molecule has 0 spiro atoms. The van der Waals surface area contributed by atoms with Crippen molar-refractivity contribution in [1.82, 2.24) is 5.32 Å². The molecule has 246 valence electrons. The van der Waals surface area contributed by atoms with E-state index < -0.39 is 11.6 Å². The standard InChI is InChI=1S/C36H35BrCl2N2O6/c1-44-31-15-8-23(20-32(31)45-2)16-17-40-35(43)36(22-25-6-3-4-7-29(25)37)33(28-14-11-26(38)21-30(28)39)47-34(41-36)24-9-12-27(13-10-24)46-19-5-18-42/h3-4,6-15,20-21,33,42H,5,16-19,22H2,1-2H3,(H,40,43)/t33-,36-/m1/s1. The van der Waals surface area contributed by atoms with Gasteiger partial charge >= 0.3 is 0 Å². The van der Waals surface area contributed by atoms with Crippen molar-refractivity contribution in [3.8, 4) is 17.2 Å². The number of benzene rings is 4. The van der Waals surface area contributed by atoms with Gasteiger partial charge in [0.2, 0.25) is 5.90 Å². The minimum absolute atomic E-state index is 0.0489. The Morgan fingerprint density at radius 1 is 1.00 bits per heavy atom. The van der Waals surface area contributed by atoms with Crippen molar-refractivity contribution < 1.29 is 28.8 Å². The summed E-state index contributed by atoms with van der Waals surface area (Å²) in [5, 5.41) is 13.0. The Bertz CT molecular complexity index is 1740. The summed E-state index contributed by atoms with van der Waals surface area (Å²) in [6.07, 6.45) is 0.404. The molecule has 1 amide bonds. The number of hydrogen-bond acceptors (Lipinski definition) is 7. The van der Waals surface area contributed by atoms with Gasteiger partial charge in [0, 0.05) is 51.6 Å². The number of ether oxygens (including phenoxy) is 4. The van der Waals surface area contributed by atoms with Gasteiger partial charge in [-0.15, -0.1) is 0 Å². The van der Waals surface area contributed by atoms with Crippen molar-refractivity contribution in [2.75, 3.05) is 34.0 Å². The third-order valence-electron chi connectivity index (χ3n) is 7.84. The van der Waals surface area contributed by atoms with Gasteiger partial charge in [-0.3, -0.25) is 4.79 Å². The molecule has 2 atom stereocenters. The number of methoxy groups -OCH3 is 2. The molecule has 1 heterocycles. The van der Waals surface area contributed by atoms with Crippen LogP contribution < -0.4 is 19.5 Å². The van der Waals surface area contributed by atoms with Gasteiger partial charge in [-0.1, -0.05) is 69.5 Å². The van der Waals surface area contributed by atoms with E-state index in [1.165, 1.54) is 0 Å². The summed E-state index contributed by atoms with van der Waals surface area (Å²) in [7, 11) is 3.18. The van der Waals surface area contributed by atoms with E-state index in [0.29, 0.717) is 70.3 Å². The van der Waals surface area contributed by atoms with Crippen LogP contribution in [0.25, 0.3) is 0 Å². The van der Waals surface area contributed by atoms with Crippen LogP contribution in [0.15, 0.2) is 94.4 Å². The zero-order chi connectivity index (χ0) is 33.4. The maximum Gasteiger partial charge on any atom is 0.252 e. The van der Waals surface area contributed by atoms with Crippen LogP contribution in [-0.4, -0.2) is 56.4 Å². The average Bonchev–Trinajstić information content (AvgIpc) is 3.46. The topological polar surface area (TPSA) is 98.6 Å². The first kappa shape index (κ1) is 34.6. The molecule has 0 fully saturated rings. The number of nitrogens with one attached hydrogen (secondary N) is 1. The molecule has 0 bridgehead atoms. The molecule has 0 radical (unpaired) electrons. The van der Waals surface area contributed by atoms with Crippen molar-refractivity contribution in [2.45, 2.75) is 30.9 Å². The number of carbonyl (C=O) groups excluding carboxylic acids is 1. The van der Waals surface area contributed by atoms with Crippen LogP contribution in [0, 0.1) is 0 Å². The van der Waals surface area contributed by atoms with Gasteiger partial charge in [0.1, 0.15) is 5.75 Å². The Labute approximate surface area is 292 Å². The molecule has 1 aliphatic rings. The van der Waals surface area contributed by atoms with Gasteiger partial charge in [-0.2, -0.15) is 0 Å². The highest BCUT2D eigenvalue weighted by Gasteiger charge is 2.54. The van der Waals surface area contributed by atoms with Gasteiger partial charge < -0.3 is 29.4 Å². The summed E-state index contributed by atoms with van der Waals surface area (Å²) < 4.78 is 24.0. The van der Waals surface area contributed by atoms with E-state index in [9.17, 15) is 4.79 Å². The SMILES string of the molecule is COc1ccc(CCNC(=O)[C@]2(Cc3ccccc3Br)N=C(c3ccc(OCCCO)cc3)O[C@@H]2c2ccc(Cl)cc2Cl)cc1OC. The molecule has 0 unspecified atom stereocenters. The lowest BCUT2D eigenvalue weighted by Crippen LogP contribution is -2.50. The highest BCUT2D eigenvalue weighted by atomic mass is 79.9. The lowest BCUT2D eigenvalue weighted by Gasteiger charge is -2.31. The van der Waals surface area contributed by atoms with Crippen LogP contribution in [0.5, 0.6) is 17.2 Å². The molecule has 0 aromatic heterocycles. The predicted octanol–water partition coefficient (Wildman–Crippen LogP) is 7.39. The molecule has 1 aliphatic heterocycles. The van der Waals surface area contributed by atoms with Crippen LogP contribution in [0.1, 0.15) is 34.8 Å². The zero-order valence-corrected chi connectivity index (χ0v) is 29.1.